The third-order valence-electron chi connectivity index (χ3n) is 5.54. The Morgan fingerprint density at radius 3 is 2.52 bits per heavy atom. The van der Waals surface area contributed by atoms with Gasteiger partial charge in [-0.05, 0) is 37.1 Å². The Morgan fingerprint density at radius 1 is 1.15 bits per heavy atom. The summed E-state index contributed by atoms with van der Waals surface area (Å²) in [7, 11) is -2.25. The average molecular weight is 478 g/mol. The standard InChI is InChI=1S/C23H28FN3O5S/c1-3-25-33(30,31)18-8-9-20(24)19(15-18)23(29)26-17-10-12-27(13-11-17)22(28)14-16-6-4-5-7-21(16)32-2/h4-9,15,17,25H,3,10-14H2,1-2H3,(H,26,29). The molecule has 3 rings (SSSR count). The summed E-state index contributed by atoms with van der Waals surface area (Å²) in [4.78, 5) is 26.9. The number of para-hydroxylation sites is 1. The number of rotatable bonds is 8. The van der Waals surface area contributed by atoms with Gasteiger partial charge in [0.2, 0.25) is 15.9 Å². The number of hydrogen-bond donors (Lipinski definition) is 2. The lowest BCUT2D eigenvalue weighted by Gasteiger charge is -2.32. The van der Waals surface area contributed by atoms with Crippen molar-refractivity contribution in [2.75, 3.05) is 26.7 Å². The van der Waals surface area contributed by atoms with Gasteiger partial charge in [0.15, 0.2) is 0 Å². The second-order valence-corrected chi connectivity index (χ2v) is 9.53. The monoisotopic (exact) mass is 477 g/mol. The molecule has 8 nitrogen and oxygen atoms in total. The minimum atomic E-state index is -3.81. The summed E-state index contributed by atoms with van der Waals surface area (Å²) in [5, 5.41) is 2.76. The van der Waals surface area contributed by atoms with Crippen molar-refractivity contribution < 1.29 is 27.1 Å². The SMILES string of the molecule is CCNS(=O)(=O)c1ccc(F)c(C(=O)NC2CCN(C(=O)Cc3ccccc3OC)CC2)c1. The van der Waals surface area contributed by atoms with Crippen LogP contribution in [0.1, 0.15) is 35.7 Å². The highest BCUT2D eigenvalue weighted by Crippen LogP contribution is 2.21. The summed E-state index contributed by atoms with van der Waals surface area (Å²) in [6, 6.07) is 10.2. The van der Waals surface area contributed by atoms with E-state index in [0.717, 1.165) is 23.8 Å². The minimum absolute atomic E-state index is 0.0309. The van der Waals surface area contributed by atoms with Crippen molar-refractivity contribution in [3.05, 3.63) is 59.4 Å². The Balaban J connectivity index is 1.59. The first kappa shape index (κ1) is 24.7. The lowest BCUT2D eigenvalue weighted by Crippen LogP contribution is -2.47. The van der Waals surface area contributed by atoms with Crippen molar-refractivity contribution in [2.45, 2.75) is 37.1 Å². The van der Waals surface area contributed by atoms with E-state index in [9.17, 15) is 22.4 Å². The van der Waals surface area contributed by atoms with Gasteiger partial charge >= 0.3 is 0 Å². The van der Waals surface area contributed by atoms with Crippen molar-refractivity contribution in [1.29, 1.82) is 0 Å². The van der Waals surface area contributed by atoms with Gasteiger partial charge in [-0.15, -0.1) is 0 Å². The number of halogens is 1. The van der Waals surface area contributed by atoms with Gasteiger partial charge in [-0.3, -0.25) is 9.59 Å². The van der Waals surface area contributed by atoms with Gasteiger partial charge in [-0.1, -0.05) is 25.1 Å². The molecule has 2 N–H and O–H groups in total. The van der Waals surface area contributed by atoms with E-state index in [1.807, 2.05) is 24.3 Å². The van der Waals surface area contributed by atoms with Gasteiger partial charge in [0.05, 0.1) is 24.0 Å². The van der Waals surface area contributed by atoms with E-state index in [1.165, 1.54) is 0 Å². The van der Waals surface area contributed by atoms with Crippen molar-refractivity contribution in [2.24, 2.45) is 0 Å². The van der Waals surface area contributed by atoms with Crippen LogP contribution in [0.4, 0.5) is 4.39 Å². The average Bonchev–Trinajstić information content (AvgIpc) is 2.80. The van der Waals surface area contributed by atoms with Gasteiger partial charge < -0.3 is 15.0 Å². The molecule has 0 saturated carbocycles. The zero-order valence-electron chi connectivity index (χ0n) is 18.6. The Bertz CT molecular complexity index is 1110. The summed E-state index contributed by atoms with van der Waals surface area (Å²) in [6.07, 6.45) is 1.25. The predicted molar refractivity (Wildman–Crippen MR) is 121 cm³/mol. The van der Waals surface area contributed by atoms with Crippen LogP contribution in [0.5, 0.6) is 5.75 Å². The van der Waals surface area contributed by atoms with E-state index in [0.29, 0.717) is 31.7 Å². The van der Waals surface area contributed by atoms with Crippen LogP contribution in [-0.4, -0.2) is 57.9 Å². The fourth-order valence-corrected chi connectivity index (χ4v) is 4.85. The molecule has 0 unspecified atom stereocenters. The molecule has 1 heterocycles. The first-order chi connectivity index (χ1) is 15.7. The van der Waals surface area contributed by atoms with Crippen molar-refractivity contribution in [1.82, 2.24) is 14.9 Å². The molecule has 178 valence electrons. The third-order valence-corrected chi connectivity index (χ3v) is 7.09. The van der Waals surface area contributed by atoms with Crippen LogP contribution in [0, 0.1) is 5.82 Å². The van der Waals surface area contributed by atoms with Gasteiger partial charge in [-0.25, -0.2) is 17.5 Å². The smallest absolute Gasteiger partial charge is 0.254 e. The van der Waals surface area contributed by atoms with Crippen LogP contribution >= 0.6 is 0 Å². The van der Waals surface area contributed by atoms with Crippen LogP contribution in [0.2, 0.25) is 0 Å². The molecule has 0 bridgehead atoms. The van der Waals surface area contributed by atoms with Crippen LogP contribution in [-0.2, 0) is 21.2 Å². The Kier molecular flexibility index (Phi) is 8.04. The number of carbonyl (C=O) groups excluding carboxylic acids is 2. The number of methoxy groups -OCH3 is 1. The first-order valence-corrected chi connectivity index (χ1v) is 12.2. The number of nitrogens with zero attached hydrogens (tertiary/aromatic N) is 1. The maximum atomic E-state index is 14.2. The zero-order chi connectivity index (χ0) is 24.0. The summed E-state index contributed by atoms with van der Waals surface area (Å²) in [5.41, 5.74) is 0.479. The number of sulfonamides is 1. The molecule has 1 aliphatic rings. The molecule has 0 atom stereocenters. The molecule has 0 aromatic heterocycles. The Morgan fingerprint density at radius 2 is 1.85 bits per heavy atom. The molecule has 1 fully saturated rings. The fourth-order valence-electron chi connectivity index (χ4n) is 3.78. The fraction of sp³-hybridized carbons (Fsp3) is 0.391. The maximum absolute atomic E-state index is 14.2. The van der Waals surface area contributed by atoms with E-state index < -0.39 is 21.7 Å². The van der Waals surface area contributed by atoms with Gasteiger partial charge in [-0.2, -0.15) is 0 Å². The van der Waals surface area contributed by atoms with Crippen molar-refractivity contribution in [3.8, 4) is 5.75 Å². The maximum Gasteiger partial charge on any atom is 0.254 e. The summed E-state index contributed by atoms with van der Waals surface area (Å²) in [5.74, 6) is -0.850. The molecule has 1 aliphatic heterocycles. The molecular weight excluding hydrogens is 449 g/mol. The van der Waals surface area contributed by atoms with Gasteiger partial charge in [0, 0.05) is 31.2 Å². The number of carbonyl (C=O) groups is 2. The summed E-state index contributed by atoms with van der Waals surface area (Å²) < 4.78 is 46.2. The largest absolute Gasteiger partial charge is 0.496 e. The molecule has 2 amide bonds. The van der Waals surface area contributed by atoms with E-state index in [2.05, 4.69) is 10.0 Å². The van der Waals surface area contributed by atoms with Crippen molar-refractivity contribution in [3.63, 3.8) is 0 Å². The van der Waals surface area contributed by atoms with Gasteiger partial charge in [0.25, 0.3) is 5.91 Å². The quantitative estimate of drug-likeness (QED) is 0.606. The second-order valence-electron chi connectivity index (χ2n) is 7.76. The van der Waals surface area contributed by atoms with E-state index in [1.54, 1.807) is 18.9 Å². The molecule has 2 aromatic rings. The van der Waals surface area contributed by atoms with Gasteiger partial charge in [0.1, 0.15) is 11.6 Å². The van der Waals surface area contributed by atoms with Crippen LogP contribution in [0.15, 0.2) is 47.4 Å². The van der Waals surface area contributed by atoms with Crippen molar-refractivity contribution >= 4 is 21.8 Å². The normalized spacial score (nSPS) is 14.7. The number of hydrogen-bond acceptors (Lipinski definition) is 5. The summed E-state index contributed by atoms with van der Waals surface area (Å²) >= 11 is 0. The Hall–Kier alpha value is -2.98. The molecule has 0 spiro atoms. The highest BCUT2D eigenvalue weighted by atomic mass is 32.2. The number of nitrogens with one attached hydrogen (secondary N) is 2. The topological polar surface area (TPSA) is 105 Å². The third kappa shape index (κ3) is 6.08. The van der Waals surface area contributed by atoms with E-state index >= 15 is 0 Å². The van der Waals surface area contributed by atoms with E-state index in [-0.39, 0.29) is 35.4 Å². The number of likely N-dealkylation sites (tertiary alicyclic amines) is 1. The number of piperidine rings is 1. The van der Waals surface area contributed by atoms with Crippen LogP contribution in [0.25, 0.3) is 0 Å². The number of ether oxygens (including phenoxy) is 1. The highest BCUT2D eigenvalue weighted by Gasteiger charge is 2.26. The Labute approximate surface area is 193 Å². The highest BCUT2D eigenvalue weighted by molar-refractivity contribution is 7.89. The molecular formula is C23H28FN3O5S. The lowest BCUT2D eigenvalue weighted by molar-refractivity contribution is -0.131. The number of amides is 2. The first-order valence-electron chi connectivity index (χ1n) is 10.7. The molecule has 1 saturated heterocycles. The second kappa shape index (κ2) is 10.8. The minimum Gasteiger partial charge on any atom is -0.496 e. The molecule has 2 aromatic carbocycles. The van der Waals surface area contributed by atoms with Crippen LogP contribution in [0.3, 0.4) is 0 Å². The lowest BCUT2D eigenvalue weighted by atomic mass is 10.0. The summed E-state index contributed by atoms with van der Waals surface area (Å²) in [6.45, 7) is 2.71. The zero-order valence-corrected chi connectivity index (χ0v) is 19.5. The predicted octanol–water partition coefficient (Wildman–Crippen LogP) is 2.10. The van der Waals surface area contributed by atoms with Crippen LogP contribution < -0.4 is 14.8 Å². The molecule has 0 radical (unpaired) electrons. The number of benzene rings is 2. The molecule has 0 aliphatic carbocycles. The molecule has 10 heteroatoms. The molecule has 33 heavy (non-hydrogen) atoms. The van der Waals surface area contributed by atoms with E-state index in [4.69, 9.17) is 4.74 Å².